The minimum Gasteiger partial charge on any atom is -0.330 e. The van der Waals surface area contributed by atoms with Crippen molar-refractivity contribution >= 4 is 12.4 Å². The van der Waals surface area contributed by atoms with Crippen LogP contribution in [0.1, 0.15) is 44.9 Å². The van der Waals surface area contributed by atoms with Gasteiger partial charge in [0.2, 0.25) is 0 Å². The van der Waals surface area contributed by atoms with Crippen LogP contribution in [0, 0.1) is 23.2 Å². The second kappa shape index (κ2) is 3.68. The molecule has 0 aromatic heterocycles. The van der Waals surface area contributed by atoms with Gasteiger partial charge < -0.3 is 5.73 Å². The normalized spacial score (nSPS) is 49.1. The lowest BCUT2D eigenvalue weighted by atomic mass is 9.49. The summed E-state index contributed by atoms with van der Waals surface area (Å²) in [6, 6.07) is 0. The van der Waals surface area contributed by atoms with Crippen LogP contribution in [0.3, 0.4) is 0 Å². The average Bonchev–Trinajstić information content (AvgIpc) is 2.00. The number of rotatable bonds is 2. The molecule has 1 nitrogen and oxygen atoms in total. The first kappa shape index (κ1) is 10.8. The van der Waals surface area contributed by atoms with Crippen LogP contribution < -0.4 is 5.73 Å². The lowest BCUT2D eigenvalue weighted by Crippen LogP contribution is -2.46. The highest BCUT2D eigenvalue weighted by atomic mass is 35.5. The van der Waals surface area contributed by atoms with Crippen LogP contribution in [0.4, 0.5) is 0 Å². The molecule has 4 aliphatic carbocycles. The summed E-state index contributed by atoms with van der Waals surface area (Å²) in [6.45, 7) is 0.923. The lowest BCUT2D eigenvalue weighted by molar-refractivity contribution is -0.0557. The van der Waals surface area contributed by atoms with E-state index in [0.29, 0.717) is 0 Å². The Labute approximate surface area is 93.2 Å². The Bertz CT molecular complexity index is 179. The fraction of sp³-hybridized carbons (Fsp3) is 1.00. The van der Waals surface area contributed by atoms with Crippen molar-refractivity contribution in [2.45, 2.75) is 44.9 Å². The summed E-state index contributed by atoms with van der Waals surface area (Å²) in [5.74, 6) is 3.29. The van der Waals surface area contributed by atoms with Gasteiger partial charge >= 0.3 is 0 Å². The molecule has 0 aromatic rings. The Hall–Kier alpha value is 0.250. The van der Waals surface area contributed by atoms with Crippen molar-refractivity contribution in [3.05, 3.63) is 0 Å². The van der Waals surface area contributed by atoms with Gasteiger partial charge in [0.1, 0.15) is 0 Å². The topological polar surface area (TPSA) is 26.0 Å². The van der Waals surface area contributed by atoms with Gasteiger partial charge in [0.25, 0.3) is 0 Å². The third kappa shape index (κ3) is 1.59. The molecule has 2 N–H and O–H groups in total. The second-order valence-corrected chi connectivity index (χ2v) is 5.96. The molecule has 4 fully saturated rings. The minimum absolute atomic E-state index is 0. The molecule has 4 rings (SSSR count). The van der Waals surface area contributed by atoms with Gasteiger partial charge in [-0.05, 0) is 74.7 Å². The van der Waals surface area contributed by atoms with Gasteiger partial charge in [-0.1, -0.05) is 0 Å². The molecule has 82 valence electrons. The lowest BCUT2D eigenvalue weighted by Gasteiger charge is -2.57. The maximum atomic E-state index is 5.75. The fourth-order valence-corrected chi connectivity index (χ4v) is 4.90. The van der Waals surface area contributed by atoms with Gasteiger partial charge in [0, 0.05) is 0 Å². The van der Waals surface area contributed by atoms with Gasteiger partial charge in [-0.3, -0.25) is 0 Å². The summed E-state index contributed by atoms with van der Waals surface area (Å²) in [4.78, 5) is 0. The van der Waals surface area contributed by atoms with Crippen molar-refractivity contribution in [2.24, 2.45) is 28.9 Å². The standard InChI is InChI=1S/C12H21N.ClH/c13-2-1-12-6-9-3-10(7-12)5-11(4-9)8-12;/h9-11H,1-8,13H2;1H. The van der Waals surface area contributed by atoms with E-state index < -0.39 is 0 Å². The van der Waals surface area contributed by atoms with Gasteiger partial charge in [-0.2, -0.15) is 0 Å². The van der Waals surface area contributed by atoms with Crippen LogP contribution in [-0.2, 0) is 0 Å². The van der Waals surface area contributed by atoms with Gasteiger partial charge in [-0.25, -0.2) is 0 Å². The summed E-state index contributed by atoms with van der Waals surface area (Å²) >= 11 is 0. The summed E-state index contributed by atoms with van der Waals surface area (Å²) in [5.41, 5.74) is 6.48. The van der Waals surface area contributed by atoms with E-state index in [1.165, 1.54) is 25.7 Å². The van der Waals surface area contributed by atoms with Crippen LogP contribution >= 0.6 is 12.4 Å². The highest BCUT2D eigenvalue weighted by Gasteiger charge is 2.50. The number of nitrogens with two attached hydrogens (primary N) is 1. The van der Waals surface area contributed by atoms with Gasteiger partial charge in [0.05, 0.1) is 0 Å². The molecule has 0 aromatic carbocycles. The Balaban J connectivity index is 0.000000750. The first-order valence-corrected chi connectivity index (χ1v) is 6.00. The molecular formula is C12H22ClN. The zero-order valence-corrected chi connectivity index (χ0v) is 9.69. The molecule has 4 saturated carbocycles. The summed E-state index contributed by atoms with van der Waals surface area (Å²) in [6.07, 6.45) is 10.6. The molecular weight excluding hydrogens is 194 g/mol. The number of hydrogen-bond acceptors (Lipinski definition) is 1. The van der Waals surface area contributed by atoms with E-state index in [2.05, 4.69) is 0 Å². The van der Waals surface area contributed by atoms with E-state index in [-0.39, 0.29) is 12.4 Å². The number of halogens is 1. The highest BCUT2D eigenvalue weighted by Crippen LogP contribution is 2.61. The molecule has 0 saturated heterocycles. The van der Waals surface area contributed by atoms with Crippen LogP contribution in [0.2, 0.25) is 0 Å². The Morgan fingerprint density at radius 1 is 0.929 bits per heavy atom. The molecule has 4 aliphatic rings. The highest BCUT2D eigenvalue weighted by molar-refractivity contribution is 5.85. The Morgan fingerprint density at radius 3 is 1.71 bits per heavy atom. The molecule has 2 heteroatoms. The smallest absolute Gasteiger partial charge is 0.00720 e. The first-order chi connectivity index (χ1) is 6.30. The van der Waals surface area contributed by atoms with E-state index in [1.807, 2.05) is 0 Å². The molecule has 0 heterocycles. The van der Waals surface area contributed by atoms with Gasteiger partial charge in [0.15, 0.2) is 0 Å². The SMILES string of the molecule is Cl.NCCC12CC3CC(CC(C3)C1)C2. The third-order valence-electron chi connectivity index (χ3n) is 4.84. The van der Waals surface area contributed by atoms with Crippen molar-refractivity contribution in [2.75, 3.05) is 6.54 Å². The zero-order chi connectivity index (χ0) is 8.89. The van der Waals surface area contributed by atoms with E-state index in [1.54, 1.807) is 19.3 Å². The summed E-state index contributed by atoms with van der Waals surface area (Å²) in [5, 5.41) is 0. The van der Waals surface area contributed by atoms with Crippen molar-refractivity contribution in [3.8, 4) is 0 Å². The monoisotopic (exact) mass is 215 g/mol. The quantitative estimate of drug-likeness (QED) is 0.753. The Kier molecular flexibility index (Phi) is 2.83. The molecule has 0 spiro atoms. The molecule has 0 unspecified atom stereocenters. The molecule has 14 heavy (non-hydrogen) atoms. The van der Waals surface area contributed by atoms with Crippen LogP contribution in [0.15, 0.2) is 0 Å². The van der Waals surface area contributed by atoms with Gasteiger partial charge in [-0.15, -0.1) is 12.4 Å². The molecule has 0 radical (unpaired) electrons. The largest absolute Gasteiger partial charge is 0.330 e. The third-order valence-corrected chi connectivity index (χ3v) is 4.84. The maximum absolute atomic E-state index is 5.75. The van der Waals surface area contributed by atoms with Crippen molar-refractivity contribution in [1.29, 1.82) is 0 Å². The van der Waals surface area contributed by atoms with Crippen LogP contribution in [-0.4, -0.2) is 6.54 Å². The van der Waals surface area contributed by atoms with Crippen LogP contribution in [0.5, 0.6) is 0 Å². The zero-order valence-electron chi connectivity index (χ0n) is 8.87. The molecule has 0 atom stereocenters. The molecule has 0 aliphatic heterocycles. The van der Waals surface area contributed by atoms with E-state index in [4.69, 9.17) is 5.73 Å². The van der Waals surface area contributed by atoms with E-state index in [9.17, 15) is 0 Å². The van der Waals surface area contributed by atoms with E-state index >= 15 is 0 Å². The van der Waals surface area contributed by atoms with Crippen molar-refractivity contribution in [1.82, 2.24) is 0 Å². The predicted molar refractivity (Wildman–Crippen MR) is 61.5 cm³/mol. The average molecular weight is 216 g/mol. The predicted octanol–water partition coefficient (Wildman–Crippen LogP) is 2.97. The second-order valence-electron chi connectivity index (χ2n) is 5.96. The van der Waals surface area contributed by atoms with Crippen LogP contribution in [0.25, 0.3) is 0 Å². The van der Waals surface area contributed by atoms with E-state index in [0.717, 1.165) is 29.7 Å². The van der Waals surface area contributed by atoms with Crippen molar-refractivity contribution < 1.29 is 0 Å². The molecule has 4 bridgehead atoms. The summed E-state index contributed by atoms with van der Waals surface area (Å²) < 4.78 is 0. The first-order valence-electron chi connectivity index (χ1n) is 6.00. The summed E-state index contributed by atoms with van der Waals surface area (Å²) in [7, 11) is 0. The number of hydrogen-bond donors (Lipinski definition) is 1. The minimum atomic E-state index is 0. The fourth-order valence-electron chi connectivity index (χ4n) is 4.90. The molecule has 0 amide bonds. The maximum Gasteiger partial charge on any atom is -0.00720 e. The van der Waals surface area contributed by atoms with Crippen molar-refractivity contribution in [3.63, 3.8) is 0 Å². The Morgan fingerprint density at radius 2 is 1.36 bits per heavy atom.